The summed E-state index contributed by atoms with van der Waals surface area (Å²) in [6.45, 7) is 9.74. The summed E-state index contributed by atoms with van der Waals surface area (Å²) in [5.74, 6) is 0.336. The molecule has 0 radical (unpaired) electrons. The van der Waals surface area contributed by atoms with Gasteiger partial charge >= 0.3 is 6.09 Å². The smallest absolute Gasteiger partial charge is 0.407 e. The van der Waals surface area contributed by atoms with E-state index in [1.54, 1.807) is 26.8 Å². The number of alkyl carbamates (subject to hydrolysis) is 1. The van der Waals surface area contributed by atoms with E-state index in [1.807, 2.05) is 6.07 Å². The fourth-order valence-electron chi connectivity index (χ4n) is 1.82. The Morgan fingerprint density at radius 1 is 1.43 bits per heavy atom. The van der Waals surface area contributed by atoms with E-state index in [0.717, 1.165) is 12.0 Å². The average molecular weight is 314 g/mol. The number of carbonyl (C=O) groups is 1. The number of amides is 1. The van der Waals surface area contributed by atoms with Crippen LogP contribution in [-0.4, -0.2) is 16.8 Å². The van der Waals surface area contributed by atoms with Crippen LogP contribution in [-0.2, 0) is 11.3 Å². The average Bonchev–Trinajstić information content (AvgIpc) is 2.37. The van der Waals surface area contributed by atoms with Gasteiger partial charge in [-0.2, -0.15) is 0 Å². The third kappa shape index (κ3) is 5.46. The Morgan fingerprint density at radius 3 is 2.57 bits per heavy atom. The summed E-state index contributed by atoms with van der Waals surface area (Å²) in [4.78, 5) is 11.7. The predicted octanol–water partition coefficient (Wildman–Crippen LogP) is 4.58. The molecule has 0 spiro atoms. The standard InChI is InChI=1S/C16H24ClNO3/c1-6-10(2)11-7-12(14(19)13(17)8-11)9-18-15(20)21-16(3,4)5/h7-8,10,19H,6,9H2,1-5H3,(H,18,20). The molecule has 21 heavy (non-hydrogen) atoms. The van der Waals surface area contributed by atoms with Crippen molar-refractivity contribution in [3.8, 4) is 5.75 Å². The third-order valence-corrected chi connectivity index (χ3v) is 3.46. The fraction of sp³-hybridized carbons (Fsp3) is 0.562. The first kappa shape index (κ1) is 17.6. The van der Waals surface area contributed by atoms with Gasteiger partial charge in [-0.1, -0.05) is 25.4 Å². The minimum Gasteiger partial charge on any atom is -0.506 e. The number of phenols is 1. The van der Waals surface area contributed by atoms with Gasteiger partial charge in [-0.25, -0.2) is 4.79 Å². The third-order valence-electron chi connectivity index (χ3n) is 3.17. The lowest BCUT2D eigenvalue weighted by Gasteiger charge is -2.20. The topological polar surface area (TPSA) is 58.6 Å². The largest absolute Gasteiger partial charge is 0.506 e. The maximum absolute atomic E-state index is 11.7. The molecule has 4 nitrogen and oxygen atoms in total. The van der Waals surface area contributed by atoms with E-state index in [0.29, 0.717) is 16.5 Å². The molecular weight excluding hydrogens is 290 g/mol. The highest BCUT2D eigenvalue weighted by Crippen LogP contribution is 2.32. The lowest BCUT2D eigenvalue weighted by molar-refractivity contribution is 0.0523. The molecule has 0 aliphatic rings. The zero-order valence-electron chi connectivity index (χ0n) is 13.3. The van der Waals surface area contributed by atoms with Gasteiger partial charge in [0.25, 0.3) is 0 Å². The minimum absolute atomic E-state index is 0.000205. The first-order valence-electron chi connectivity index (χ1n) is 7.12. The second-order valence-electron chi connectivity index (χ2n) is 6.18. The van der Waals surface area contributed by atoms with Crippen LogP contribution in [0.3, 0.4) is 0 Å². The van der Waals surface area contributed by atoms with Crippen LogP contribution in [0.4, 0.5) is 4.79 Å². The Morgan fingerprint density at radius 2 is 2.05 bits per heavy atom. The van der Waals surface area contributed by atoms with E-state index in [2.05, 4.69) is 19.2 Å². The van der Waals surface area contributed by atoms with Crippen molar-refractivity contribution in [2.45, 2.75) is 59.1 Å². The van der Waals surface area contributed by atoms with Gasteiger partial charge in [0.2, 0.25) is 0 Å². The molecule has 0 heterocycles. The zero-order chi connectivity index (χ0) is 16.2. The summed E-state index contributed by atoms with van der Waals surface area (Å²) < 4.78 is 5.16. The number of benzene rings is 1. The molecule has 1 aromatic rings. The molecule has 1 aromatic carbocycles. The Labute approximate surface area is 131 Å². The Hall–Kier alpha value is -1.42. The summed E-state index contributed by atoms with van der Waals surface area (Å²) in [5, 5.41) is 12.9. The normalized spacial score (nSPS) is 12.9. The van der Waals surface area contributed by atoms with Crippen LogP contribution in [0, 0.1) is 0 Å². The monoisotopic (exact) mass is 313 g/mol. The number of halogens is 1. The van der Waals surface area contributed by atoms with Gasteiger partial charge < -0.3 is 15.2 Å². The number of phenolic OH excluding ortho intramolecular Hbond substituents is 1. The molecule has 0 bridgehead atoms. The van der Waals surface area contributed by atoms with E-state index in [1.165, 1.54) is 0 Å². The molecule has 0 saturated heterocycles. The maximum Gasteiger partial charge on any atom is 0.407 e. The van der Waals surface area contributed by atoms with Crippen LogP contribution in [0.5, 0.6) is 5.75 Å². The van der Waals surface area contributed by atoms with Crippen molar-refractivity contribution in [2.24, 2.45) is 0 Å². The van der Waals surface area contributed by atoms with E-state index >= 15 is 0 Å². The lowest BCUT2D eigenvalue weighted by atomic mass is 9.96. The van der Waals surface area contributed by atoms with Crippen molar-refractivity contribution < 1.29 is 14.6 Å². The molecule has 2 N–H and O–H groups in total. The number of aromatic hydroxyl groups is 1. The highest BCUT2D eigenvalue weighted by molar-refractivity contribution is 6.32. The molecule has 1 rings (SSSR count). The van der Waals surface area contributed by atoms with Crippen LogP contribution in [0.15, 0.2) is 12.1 Å². The van der Waals surface area contributed by atoms with Gasteiger partial charge in [0.05, 0.1) is 5.02 Å². The van der Waals surface area contributed by atoms with E-state index in [9.17, 15) is 9.90 Å². The molecular formula is C16H24ClNO3. The molecule has 1 amide bonds. The zero-order valence-corrected chi connectivity index (χ0v) is 14.0. The summed E-state index contributed by atoms with van der Waals surface area (Å²) in [7, 11) is 0. The predicted molar refractivity (Wildman–Crippen MR) is 84.9 cm³/mol. The number of hydrogen-bond acceptors (Lipinski definition) is 3. The van der Waals surface area contributed by atoms with E-state index < -0.39 is 11.7 Å². The Kier molecular flexibility index (Phi) is 5.90. The molecule has 0 aromatic heterocycles. The van der Waals surface area contributed by atoms with Crippen LogP contribution < -0.4 is 5.32 Å². The molecule has 118 valence electrons. The fourth-order valence-corrected chi connectivity index (χ4v) is 2.06. The van der Waals surface area contributed by atoms with Crippen molar-refractivity contribution >= 4 is 17.7 Å². The first-order valence-corrected chi connectivity index (χ1v) is 7.50. The van der Waals surface area contributed by atoms with Gasteiger partial charge in [0.1, 0.15) is 11.4 Å². The van der Waals surface area contributed by atoms with Crippen LogP contribution >= 0.6 is 11.6 Å². The van der Waals surface area contributed by atoms with Gasteiger partial charge in [0.15, 0.2) is 0 Å². The van der Waals surface area contributed by atoms with Crippen LogP contribution in [0.2, 0.25) is 5.02 Å². The van der Waals surface area contributed by atoms with Gasteiger partial charge in [-0.3, -0.25) is 0 Å². The summed E-state index contributed by atoms with van der Waals surface area (Å²) in [5.41, 5.74) is 1.08. The number of hydrogen-bond donors (Lipinski definition) is 2. The van der Waals surface area contributed by atoms with Crippen LogP contribution in [0.1, 0.15) is 58.1 Å². The molecule has 0 aliphatic carbocycles. The summed E-state index contributed by atoms with van der Waals surface area (Å²) >= 11 is 6.05. The highest BCUT2D eigenvalue weighted by atomic mass is 35.5. The number of nitrogens with one attached hydrogen (secondary N) is 1. The molecule has 1 atom stereocenters. The van der Waals surface area contributed by atoms with E-state index in [-0.39, 0.29) is 12.3 Å². The molecule has 1 unspecified atom stereocenters. The highest BCUT2D eigenvalue weighted by Gasteiger charge is 2.17. The van der Waals surface area contributed by atoms with Crippen molar-refractivity contribution in [1.82, 2.24) is 5.32 Å². The Bertz CT molecular complexity index is 509. The maximum atomic E-state index is 11.7. The van der Waals surface area contributed by atoms with Gasteiger partial charge in [-0.05, 0) is 50.8 Å². The van der Waals surface area contributed by atoms with Crippen molar-refractivity contribution in [1.29, 1.82) is 0 Å². The van der Waals surface area contributed by atoms with Crippen molar-refractivity contribution in [2.75, 3.05) is 0 Å². The van der Waals surface area contributed by atoms with Crippen LogP contribution in [0.25, 0.3) is 0 Å². The number of rotatable bonds is 4. The second kappa shape index (κ2) is 7.03. The number of carbonyl (C=O) groups excluding carboxylic acids is 1. The SMILES string of the molecule is CCC(C)c1cc(Cl)c(O)c(CNC(=O)OC(C)(C)C)c1. The lowest BCUT2D eigenvalue weighted by Crippen LogP contribution is -2.32. The van der Waals surface area contributed by atoms with Crippen molar-refractivity contribution in [3.63, 3.8) is 0 Å². The summed E-state index contributed by atoms with van der Waals surface area (Å²) in [6, 6.07) is 3.63. The second-order valence-corrected chi connectivity index (χ2v) is 6.58. The quantitative estimate of drug-likeness (QED) is 0.855. The number of ether oxygens (including phenoxy) is 1. The molecule has 5 heteroatoms. The minimum atomic E-state index is -0.553. The van der Waals surface area contributed by atoms with Gasteiger partial charge in [0, 0.05) is 12.1 Å². The van der Waals surface area contributed by atoms with E-state index in [4.69, 9.17) is 16.3 Å². The summed E-state index contributed by atoms with van der Waals surface area (Å²) in [6.07, 6.45) is 0.451. The molecule has 0 fully saturated rings. The van der Waals surface area contributed by atoms with Gasteiger partial charge in [-0.15, -0.1) is 0 Å². The molecule has 0 saturated carbocycles. The Balaban J connectivity index is 2.83. The molecule has 0 aliphatic heterocycles. The van der Waals surface area contributed by atoms with Crippen molar-refractivity contribution in [3.05, 3.63) is 28.3 Å². The first-order chi connectivity index (χ1) is 9.64.